The number of benzene rings is 2. The van der Waals surface area contributed by atoms with E-state index in [1.165, 1.54) is 24.3 Å². The van der Waals surface area contributed by atoms with Crippen LogP contribution in [0.5, 0.6) is 5.75 Å². The number of nitrogens with one attached hydrogen (secondary N) is 2. The molecule has 0 aliphatic heterocycles. The molecule has 2 aromatic rings. The molecule has 0 radical (unpaired) electrons. The van der Waals surface area contributed by atoms with E-state index in [-0.39, 0.29) is 29.7 Å². The molecule has 0 atom stereocenters. The molecule has 3 rings (SSSR count). The molecule has 1 fully saturated rings. The number of hydrogen-bond donors (Lipinski definition) is 2. The quantitative estimate of drug-likeness (QED) is 0.437. The monoisotopic (exact) mass is 432 g/mol. The summed E-state index contributed by atoms with van der Waals surface area (Å²) in [7, 11) is -3.58. The molecule has 30 heavy (non-hydrogen) atoms. The highest BCUT2D eigenvalue weighted by atomic mass is 32.2. The number of esters is 1. The highest BCUT2D eigenvalue weighted by molar-refractivity contribution is 7.89. The van der Waals surface area contributed by atoms with Crippen LogP contribution in [0.4, 0.5) is 0 Å². The van der Waals surface area contributed by atoms with Gasteiger partial charge >= 0.3 is 5.97 Å². The fourth-order valence-electron chi connectivity index (χ4n) is 2.59. The van der Waals surface area contributed by atoms with Crippen molar-refractivity contribution in [2.45, 2.75) is 30.7 Å². The molecule has 0 bridgehead atoms. The zero-order valence-electron chi connectivity index (χ0n) is 16.6. The summed E-state index contributed by atoms with van der Waals surface area (Å²) in [5, 5.41) is 2.60. The number of hydrogen-bond acceptors (Lipinski definition) is 6. The summed E-state index contributed by atoms with van der Waals surface area (Å²) in [6, 6.07) is 13.0. The van der Waals surface area contributed by atoms with Crippen LogP contribution in [0.1, 0.15) is 28.8 Å². The summed E-state index contributed by atoms with van der Waals surface area (Å²) in [5.74, 6) is -0.447. The number of sulfonamides is 1. The lowest BCUT2D eigenvalue weighted by molar-refractivity contribution is -0.124. The van der Waals surface area contributed by atoms with Gasteiger partial charge in [-0.25, -0.2) is 17.9 Å². The second-order valence-corrected chi connectivity index (χ2v) is 8.72. The van der Waals surface area contributed by atoms with Gasteiger partial charge in [0.2, 0.25) is 10.0 Å². The smallest absolute Gasteiger partial charge is 0.338 e. The van der Waals surface area contributed by atoms with E-state index >= 15 is 0 Å². The van der Waals surface area contributed by atoms with Gasteiger partial charge in [0.1, 0.15) is 12.4 Å². The summed E-state index contributed by atoms with van der Waals surface area (Å²) in [6.07, 6.45) is 1.67. The van der Waals surface area contributed by atoms with Crippen LogP contribution in [0.15, 0.2) is 53.4 Å². The standard InChI is InChI=1S/C21H24N2O6S/c1-15-3-2-4-18(13-15)28-12-11-22-20(24)14-29-21(25)16-5-9-19(10-6-16)30(26,27)23-17-7-8-17/h2-6,9-10,13,17,23H,7-8,11-12,14H2,1H3,(H,22,24). The van der Waals surface area contributed by atoms with Gasteiger partial charge in [-0.1, -0.05) is 12.1 Å². The van der Waals surface area contributed by atoms with Crippen molar-refractivity contribution < 1.29 is 27.5 Å². The Hall–Kier alpha value is -2.91. The van der Waals surface area contributed by atoms with E-state index in [4.69, 9.17) is 9.47 Å². The highest BCUT2D eigenvalue weighted by Crippen LogP contribution is 2.22. The van der Waals surface area contributed by atoms with Gasteiger partial charge in [0.15, 0.2) is 6.61 Å². The first-order chi connectivity index (χ1) is 14.3. The fraction of sp³-hybridized carbons (Fsp3) is 0.333. The molecule has 1 aliphatic rings. The normalized spacial score (nSPS) is 13.5. The van der Waals surface area contributed by atoms with Gasteiger partial charge in [-0.05, 0) is 61.7 Å². The Morgan fingerprint density at radius 3 is 2.50 bits per heavy atom. The third-order valence-electron chi connectivity index (χ3n) is 4.32. The fourth-order valence-corrected chi connectivity index (χ4v) is 3.89. The van der Waals surface area contributed by atoms with Crippen molar-refractivity contribution in [3.63, 3.8) is 0 Å². The zero-order chi connectivity index (χ0) is 21.6. The Kier molecular flexibility index (Phi) is 7.07. The van der Waals surface area contributed by atoms with Crippen LogP contribution in [-0.4, -0.2) is 46.1 Å². The van der Waals surface area contributed by atoms with E-state index in [1.54, 1.807) is 0 Å². The van der Waals surface area contributed by atoms with Crippen molar-refractivity contribution in [2.24, 2.45) is 0 Å². The molecular formula is C21H24N2O6S. The summed E-state index contributed by atoms with van der Waals surface area (Å²) >= 11 is 0. The minimum atomic E-state index is -3.58. The summed E-state index contributed by atoms with van der Waals surface area (Å²) in [4.78, 5) is 23.9. The molecule has 1 aliphatic carbocycles. The summed E-state index contributed by atoms with van der Waals surface area (Å²) in [5.41, 5.74) is 1.24. The number of ether oxygens (including phenoxy) is 2. The molecule has 1 saturated carbocycles. The van der Waals surface area contributed by atoms with Crippen molar-refractivity contribution in [3.8, 4) is 5.75 Å². The average molecular weight is 432 g/mol. The largest absolute Gasteiger partial charge is 0.492 e. The van der Waals surface area contributed by atoms with Crippen LogP contribution in [0.25, 0.3) is 0 Å². The number of carbonyl (C=O) groups is 2. The van der Waals surface area contributed by atoms with E-state index in [2.05, 4.69) is 10.0 Å². The van der Waals surface area contributed by atoms with E-state index in [1.807, 2.05) is 31.2 Å². The zero-order valence-corrected chi connectivity index (χ0v) is 17.4. The molecule has 0 saturated heterocycles. The first-order valence-corrected chi connectivity index (χ1v) is 11.1. The predicted molar refractivity (Wildman–Crippen MR) is 110 cm³/mol. The van der Waals surface area contributed by atoms with Crippen molar-refractivity contribution in [2.75, 3.05) is 19.8 Å². The minimum absolute atomic E-state index is 0.000337. The average Bonchev–Trinajstić information content (AvgIpc) is 3.53. The Bertz CT molecular complexity index is 1000. The molecular weight excluding hydrogens is 408 g/mol. The molecule has 0 aromatic heterocycles. The van der Waals surface area contributed by atoms with Crippen molar-refractivity contribution in [3.05, 3.63) is 59.7 Å². The maximum absolute atomic E-state index is 12.1. The molecule has 0 heterocycles. The van der Waals surface area contributed by atoms with E-state index in [0.717, 1.165) is 18.4 Å². The summed E-state index contributed by atoms with van der Waals surface area (Å²) in [6.45, 7) is 2.08. The molecule has 1 amide bonds. The van der Waals surface area contributed by atoms with Gasteiger partial charge in [-0.15, -0.1) is 0 Å². The van der Waals surface area contributed by atoms with Crippen molar-refractivity contribution >= 4 is 21.9 Å². The molecule has 0 spiro atoms. The van der Waals surface area contributed by atoms with Gasteiger partial charge < -0.3 is 14.8 Å². The van der Waals surface area contributed by atoms with Crippen LogP contribution < -0.4 is 14.8 Å². The predicted octanol–water partition coefficient (Wildman–Crippen LogP) is 1.79. The van der Waals surface area contributed by atoms with Gasteiger partial charge in [0.05, 0.1) is 17.0 Å². The van der Waals surface area contributed by atoms with Crippen LogP contribution in [0.2, 0.25) is 0 Å². The molecule has 9 heteroatoms. The van der Waals surface area contributed by atoms with Crippen LogP contribution >= 0.6 is 0 Å². The van der Waals surface area contributed by atoms with Crippen molar-refractivity contribution in [1.29, 1.82) is 0 Å². The van der Waals surface area contributed by atoms with E-state index in [9.17, 15) is 18.0 Å². The second-order valence-electron chi connectivity index (χ2n) is 7.01. The third kappa shape index (κ3) is 6.57. The third-order valence-corrected chi connectivity index (χ3v) is 5.85. The topological polar surface area (TPSA) is 111 Å². The minimum Gasteiger partial charge on any atom is -0.492 e. The molecule has 2 aromatic carbocycles. The summed E-state index contributed by atoms with van der Waals surface area (Å²) < 4.78 is 37.3. The van der Waals surface area contributed by atoms with E-state index < -0.39 is 28.5 Å². The first-order valence-electron chi connectivity index (χ1n) is 9.59. The highest BCUT2D eigenvalue weighted by Gasteiger charge is 2.28. The lowest BCUT2D eigenvalue weighted by Crippen LogP contribution is -2.32. The Morgan fingerprint density at radius 2 is 1.83 bits per heavy atom. The van der Waals surface area contributed by atoms with Crippen LogP contribution in [-0.2, 0) is 19.6 Å². The van der Waals surface area contributed by atoms with Gasteiger partial charge in [-0.3, -0.25) is 4.79 Å². The Balaban J connectivity index is 1.38. The molecule has 160 valence electrons. The van der Waals surface area contributed by atoms with Gasteiger partial charge in [-0.2, -0.15) is 0 Å². The number of aryl methyl sites for hydroxylation is 1. The van der Waals surface area contributed by atoms with E-state index in [0.29, 0.717) is 5.75 Å². The number of rotatable bonds is 10. The number of carbonyl (C=O) groups excluding carboxylic acids is 2. The molecule has 0 unspecified atom stereocenters. The Labute approximate surface area is 175 Å². The van der Waals surface area contributed by atoms with Gasteiger partial charge in [0.25, 0.3) is 5.91 Å². The molecule has 2 N–H and O–H groups in total. The lowest BCUT2D eigenvalue weighted by atomic mass is 10.2. The number of amides is 1. The van der Waals surface area contributed by atoms with Crippen LogP contribution in [0.3, 0.4) is 0 Å². The second kappa shape index (κ2) is 9.73. The van der Waals surface area contributed by atoms with Crippen LogP contribution in [0, 0.1) is 6.92 Å². The maximum atomic E-state index is 12.1. The van der Waals surface area contributed by atoms with Gasteiger partial charge in [0, 0.05) is 6.04 Å². The molecule has 8 nitrogen and oxygen atoms in total. The lowest BCUT2D eigenvalue weighted by Gasteiger charge is -2.09. The Morgan fingerprint density at radius 1 is 1.10 bits per heavy atom. The SMILES string of the molecule is Cc1cccc(OCCNC(=O)COC(=O)c2ccc(S(=O)(=O)NC3CC3)cc2)c1. The van der Waals surface area contributed by atoms with Crippen molar-refractivity contribution in [1.82, 2.24) is 10.0 Å². The first kappa shape index (κ1) is 21.8. The maximum Gasteiger partial charge on any atom is 0.338 e.